The van der Waals surface area contributed by atoms with Crippen LogP contribution in [0.5, 0.6) is 0 Å². The molecule has 0 saturated heterocycles. The minimum Gasteiger partial charge on any atom is -0.322 e. The first-order valence-electron chi connectivity index (χ1n) is 12.8. The van der Waals surface area contributed by atoms with E-state index >= 15 is 0 Å². The van der Waals surface area contributed by atoms with Crippen molar-refractivity contribution < 1.29 is 4.39 Å². The van der Waals surface area contributed by atoms with E-state index < -0.39 is 0 Å². The average molecular weight is 489 g/mol. The first-order valence-corrected chi connectivity index (χ1v) is 12.8. The molecule has 0 aliphatic heterocycles. The Hall–Kier alpha value is -3.39. The molecule has 1 N–H and O–H groups in total. The molecule has 2 aromatic carbocycles. The average Bonchev–Trinajstić information content (AvgIpc) is 3.54. The molecule has 0 spiro atoms. The number of hydrogen-bond donors (Lipinski definition) is 1. The summed E-state index contributed by atoms with van der Waals surface area (Å²) in [6.45, 7) is 7.27. The van der Waals surface area contributed by atoms with Crippen molar-refractivity contribution >= 4 is 10.9 Å². The van der Waals surface area contributed by atoms with Crippen molar-refractivity contribution in [1.29, 1.82) is 0 Å². The quantitative estimate of drug-likeness (QED) is 0.368. The number of halogens is 1. The third-order valence-electron chi connectivity index (χ3n) is 7.43. The Morgan fingerprint density at radius 1 is 1.14 bits per heavy atom. The van der Waals surface area contributed by atoms with Crippen LogP contribution in [0.3, 0.4) is 0 Å². The van der Waals surface area contributed by atoms with E-state index in [1.165, 1.54) is 25.0 Å². The van der Waals surface area contributed by atoms with Gasteiger partial charge in [-0.1, -0.05) is 38.0 Å². The normalized spacial score (nSPS) is 15.2. The van der Waals surface area contributed by atoms with E-state index in [2.05, 4.69) is 51.4 Å². The van der Waals surface area contributed by atoms with Crippen LogP contribution in [0.25, 0.3) is 10.9 Å². The molecule has 5 rings (SSSR count). The van der Waals surface area contributed by atoms with E-state index in [1.807, 2.05) is 13.0 Å². The predicted molar refractivity (Wildman–Crippen MR) is 138 cm³/mol. The fourth-order valence-corrected chi connectivity index (χ4v) is 5.65. The standard InChI is InChI=1S/C28H33FN6O/c1-4-26(27-31-32-33-35(27)16-20-9-11-22(29)12-10-20)34(23-7-5-6-8-23)17-21-15-24-19(3)13-18(2)14-25(24)30-28(21)36/h9-15,23,26H,4-8,16-17H2,1-3H3,(H,30,36)/t26-/m0/s1. The van der Waals surface area contributed by atoms with Crippen LogP contribution >= 0.6 is 0 Å². The molecule has 1 aliphatic carbocycles. The molecule has 4 aromatic rings. The summed E-state index contributed by atoms with van der Waals surface area (Å²) in [5.74, 6) is 0.512. The van der Waals surface area contributed by atoms with Gasteiger partial charge in [0, 0.05) is 29.1 Å². The lowest BCUT2D eigenvalue weighted by molar-refractivity contribution is 0.112. The molecule has 1 fully saturated rings. The lowest BCUT2D eigenvalue weighted by Gasteiger charge is -2.35. The highest BCUT2D eigenvalue weighted by molar-refractivity contribution is 5.83. The van der Waals surface area contributed by atoms with Gasteiger partial charge in [0.05, 0.1) is 12.6 Å². The highest BCUT2D eigenvalue weighted by Gasteiger charge is 2.32. The first kappa shape index (κ1) is 24.3. The zero-order valence-electron chi connectivity index (χ0n) is 21.2. The number of nitrogens with one attached hydrogen (secondary N) is 1. The molecular weight excluding hydrogens is 455 g/mol. The van der Waals surface area contributed by atoms with Crippen molar-refractivity contribution in [3.05, 3.63) is 86.7 Å². The van der Waals surface area contributed by atoms with E-state index in [-0.39, 0.29) is 17.4 Å². The van der Waals surface area contributed by atoms with Gasteiger partial charge in [0.15, 0.2) is 5.82 Å². The van der Waals surface area contributed by atoms with E-state index in [1.54, 1.807) is 16.8 Å². The first-order chi connectivity index (χ1) is 17.4. The van der Waals surface area contributed by atoms with Gasteiger partial charge in [0.25, 0.3) is 5.56 Å². The Labute approximate surface area is 210 Å². The molecule has 0 amide bonds. The second kappa shape index (κ2) is 10.3. The van der Waals surface area contributed by atoms with Crippen molar-refractivity contribution in [2.45, 2.75) is 78.0 Å². The van der Waals surface area contributed by atoms with Gasteiger partial charge in [-0.3, -0.25) is 9.69 Å². The van der Waals surface area contributed by atoms with Gasteiger partial charge in [-0.15, -0.1) is 5.10 Å². The Balaban J connectivity index is 1.50. The van der Waals surface area contributed by atoms with Crippen LogP contribution in [-0.4, -0.2) is 36.1 Å². The monoisotopic (exact) mass is 488 g/mol. The Morgan fingerprint density at radius 2 is 1.89 bits per heavy atom. The molecule has 188 valence electrons. The summed E-state index contributed by atoms with van der Waals surface area (Å²) in [6.07, 6.45) is 5.37. The molecule has 7 nitrogen and oxygen atoms in total. The number of rotatable bonds is 8. The Morgan fingerprint density at radius 3 is 2.61 bits per heavy atom. The lowest BCUT2D eigenvalue weighted by atomic mass is 10.0. The summed E-state index contributed by atoms with van der Waals surface area (Å²) < 4.78 is 15.2. The Kier molecular flexibility index (Phi) is 6.96. The van der Waals surface area contributed by atoms with Crippen LogP contribution < -0.4 is 5.56 Å². The van der Waals surface area contributed by atoms with Crippen molar-refractivity contribution in [2.24, 2.45) is 0 Å². The highest BCUT2D eigenvalue weighted by atomic mass is 19.1. The molecule has 2 heterocycles. The van der Waals surface area contributed by atoms with Crippen LogP contribution in [0.1, 0.15) is 73.1 Å². The molecule has 8 heteroatoms. The molecule has 2 aromatic heterocycles. The molecular formula is C28H33FN6O. The fourth-order valence-electron chi connectivity index (χ4n) is 5.65. The summed E-state index contributed by atoms with van der Waals surface area (Å²) in [6, 6.07) is 13.0. The molecule has 36 heavy (non-hydrogen) atoms. The second-order valence-corrected chi connectivity index (χ2v) is 10.0. The third kappa shape index (κ3) is 4.95. The minimum absolute atomic E-state index is 0.0437. The molecule has 0 bridgehead atoms. The van der Waals surface area contributed by atoms with Gasteiger partial charge in [0.2, 0.25) is 0 Å². The number of pyridine rings is 1. The van der Waals surface area contributed by atoms with Crippen molar-refractivity contribution in [2.75, 3.05) is 0 Å². The van der Waals surface area contributed by atoms with Crippen LogP contribution in [-0.2, 0) is 13.1 Å². The number of nitrogens with zero attached hydrogens (tertiary/aromatic N) is 5. The molecule has 1 aliphatic rings. The molecule has 0 radical (unpaired) electrons. The van der Waals surface area contributed by atoms with Gasteiger partial charge in [0.1, 0.15) is 5.82 Å². The minimum atomic E-state index is -0.263. The lowest BCUT2D eigenvalue weighted by Crippen LogP contribution is -2.39. The summed E-state index contributed by atoms with van der Waals surface area (Å²) in [5, 5.41) is 13.8. The van der Waals surface area contributed by atoms with Crippen molar-refractivity contribution in [1.82, 2.24) is 30.1 Å². The smallest absolute Gasteiger partial charge is 0.252 e. The number of fused-ring (bicyclic) bond motifs is 1. The number of H-pyrrole nitrogens is 1. The predicted octanol–water partition coefficient (Wildman–Crippen LogP) is 5.21. The van der Waals surface area contributed by atoms with Gasteiger partial charge in [-0.2, -0.15) is 0 Å². The summed E-state index contributed by atoms with van der Waals surface area (Å²) >= 11 is 0. The third-order valence-corrected chi connectivity index (χ3v) is 7.43. The van der Waals surface area contributed by atoms with E-state index in [0.29, 0.717) is 19.1 Å². The summed E-state index contributed by atoms with van der Waals surface area (Å²) in [5.41, 5.74) is 4.82. The number of aromatic nitrogens is 5. The number of aromatic amines is 1. The van der Waals surface area contributed by atoms with Crippen molar-refractivity contribution in [3.63, 3.8) is 0 Å². The van der Waals surface area contributed by atoms with Crippen LogP contribution in [0.15, 0.2) is 47.3 Å². The SMILES string of the molecule is CC[C@@H](c1nnnn1Cc1ccc(F)cc1)N(Cc1cc2c(C)cc(C)cc2[nH]c1=O)C1CCCC1. The second-order valence-electron chi connectivity index (χ2n) is 10.0. The summed E-state index contributed by atoms with van der Waals surface area (Å²) in [4.78, 5) is 18.7. The number of tetrazole rings is 1. The molecule has 1 saturated carbocycles. The number of hydrogen-bond acceptors (Lipinski definition) is 5. The van der Waals surface area contributed by atoms with E-state index in [0.717, 1.165) is 58.2 Å². The largest absolute Gasteiger partial charge is 0.322 e. The number of aryl methyl sites for hydroxylation is 2. The molecule has 0 unspecified atom stereocenters. The topological polar surface area (TPSA) is 79.7 Å². The van der Waals surface area contributed by atoms with Gasteiger partial charge >= 0.3 is 0 Å². The zero-order chi connectivity index (χ0) is 25.2. The molecule has 1 atom stereocenters. The van der Waals surface area contributed by atoms with Gasteiger partial charge in [-0.25, -0.2) is 9.07 Å². The van der Waals surface area contributed by atoms with Crippen LogP contribution in [0, 0.1) is 19.7 Å². The maximum absolute atomic E-state index is 13.4. The van der Waals surface area contributed by atoms with Gasteiger partial charge in [-0.05, 0) is 84.5 Å². The maximum Gasteiger partial charge on any atom is 0.252 e. The summed E-state index contributed by atoms with van der Waals surface area (Å²) in [7, 11) is 0. The zero-order valence-corrected chi connectivity index (χ0v) is 21.2. The maximum atomic E-state index is 13.4. The Bertz CT molecular complexity index is 1400. The van der Waals surface area contributed by atoms with Crippen LogP contribution in [0.4, 0.5) is 4.39 Å². The van der Waals surface area contributed by atoms with Crippen LogP contribution in [0.2, 0.25) is 0 Å². The van der Waals surface area contributed by atoms with E-state index in [9.17, 15) is 9.18 Å². The fraction of sp³-hybridized carbons (Fsp3) is 0.429. The van der Waals surface area contributed by atoms with Gasteiger partial charge < -0.3 is 4.98 Å². The number of benzene rings is 2. The van der Waals surface area contributed by atoms with E-state index in [4.69, 9.17) is 0 Å². The van der Waals surface area contributed by atoms with Crippen molar-refractivity contribution in [3.8, 4) is 0 Å². The highest BCUT2D eigenvalue weighted by Crippen LogP contribution is 2.34.